The highest BCUT2D eigenvalue weighted by atomic mass is 32.2. The van der Waals surface area contributed by atoms with Gasteiger partial charge in [-0.3, -0.25) is 5.32 Å². The van der Waals surface area contributed by atoms with E-state index in [0.29, 0.717) is 17.8 Å². The highest BCUT2D eigenvalue weighted by molar-refractivity contribution is 7.90. The van der Waals surface area contributed by atoms with Crippen LogP contribution in [0.5, 0.6) is 5.88 Å². The summed E-state index contributed by atoms with van der Waals surface area (Å²) in [6.07, 6.45) is 1.33. The van der Waals surface area contributed by atoms with Crippen LogP contribution in [0.3, 0.4) is 0 Å². The number of hydrogen-bond acceptors (Lipinski definition) is 8. The number of sulfonamides is 1. The standard InChI is InChI=1S/C16H18FN7O4S/c1-4-5-10-6-7-11-19-13(17)14(24(11)22-10)29(26,27)23-16(25)21-15-18-9(2)8-12(20-15)28-3/h6-8H,4-5H2,1-3H3,(H2,18,20,21,23,25). The van der Waals surface area contributed by atoms with Gasteiger partial charge in [0, 0.05) is 11.8 Å². The number of carbonyl (C=O) groups excluding carboxylic acids is 1. The van der Waals surface area contributed by atoms with Crippen LogP contribution in [0.25, 0.3) is 5.65 Å². The first-order valence-electron chi connectivity index (χ1n) is 8.51. The number of halogens is 1. The van der Waals surface area contributed by atoms with Crippen molar-refractivity contribution in [1.82, 2.24) is 29.3 Å². The van der Waals surface area contributed by atoms with Crippen LogP contribution in [0.15, 0.2) is 23.2 Å². The zero-order valence-corrected chi connectivity index (χ0v) is 16.6. The minimum atomic E-state index is -4.64. The molecule has 11 nitrogen and oxygen atoms in total. The quantitative estimate of drug-likeness (QED) is 0.607. The Labute approximate surface area is 165 Å². The van der Waals surface area contributed by atoms with Crippen molar-refractivity contribution in [3.8, 4) is 5.88 Å². The molecule has 0 unspecified atom stereocenters. The van der Waals surface area contributed by atoms with Crippen LogP contribution in [-0.4, -0.2) is 46.1 Å². The molecular weight excluding hydrogens is 405 g/mol. The molecule has 3 aromatic rings. The van der Waals surface area contributed by atoms with Gasteiger partial charge in [-0.15, -0.1) is 0 Å². The smallest absolute Gasteiger partial charge is 0.335 e. The van der Waals surface area contributed by atoms with Gasteiger partial charge in [0.2, 0.25) is 16.9 Å². The largest absolute Gasteiger partial charge is 0.481 e. The van der Waals surface area contributed by atoms with E-state index in [1.165, 1.54) is 19.2 Å². The second kappa shape index (κ2) is 7.95. The fourth-order valence-electron chi connectivity index (χ4n) is 2.54. The maximum atomic E-state index is 14.3. The molecule has 13 heteroatoms. The number of amides is 2. The lowest BCUT2D eigenvalue weighted by Crippen LogP contribution is -2.36. The first-order valence-corrected chi connectivity index (χ1v) is 9.99. The van der Waals surface area contributed by atoms with Crippen molar-refractivity contribution in [3.05, 3.63) is 35.5 Å². The monoisotopic (exact) mass is 423 g/mol. The molecule has 0 aromatic carbocycles. The SMILES string of the molecule is CCCc1ccc2nc(F)c(S(=O)(=O)NC(=O)Nc3nc(C)cc(OC)n3)n2n1. The summed E-state index contributed by atoms with van der Waals surface area (Å²) in [7, 11) is -3.26. The van der Waals surface area contributed by atoms with Gasteiger partial charge in [0.05, 0.1) is 12.8 Å². The predicted octanol–water partition coefficient (Wildman–Crippen LogP) is 1.44. The fraction of sp³-hybridized carbons (Fsp3) is 0.312. The molecule has 0 aliphatic rings. The van der Waals surface area contributed by atoms with Crippen LogP contribution < -0.4 is 14.8 Å². The Morgan fingerprint density at radius 2 is 2.03 bits per heavy atom. The van der Waals surface area contributed by atoms with Gasteiger partial charge < -0.3 is 4.74 Å². The van der Waals surface area contributed by atoms with E-state index < -0.39 is 27.0 Å². The Morgan fingerprint density at radius 3 is 2.72 bits per heavy atom. The number of anilines is 1. The highest BCUT2D eigenvalue weighted by Crippen LogP contribution is 2.17. The molecule has 0 atom stereocenters. The number of methoxy groups -OCH3 is 1. The van der Waals surface area contributed by atoms with Crippen molar-refractivity contribution in [1.29, 1.82) is 0 Å². The zero-order chi connectivity index (χ0) is 21.2. The molecule has 154 valence electrons. The van der Waals surface area contributed by atoms with Crippen LogP contribution in [0.2, 0.25) is 0 Å². The normalized spacial score (nSPS) is 11.4. The molecule has 0 saturated carbocycles. The first kappa shape index (κ1) is 20.4. The van der Waals surface area contributed by atoms with Crippen molar-refractivity contribution in [2.75, 3.05) is 12.4 Å². The number of hydrogen-bond donors (Lipinski definition) is 2. The van der Waals surface area contributed by atoms with Gasteiger partial charge in [-0.05, 0) is 25.5 Å². The minimum Gasteiger partial charge on any atom is -0.481 e. The van der Waals surface area contributed by atoms with Gasteiger partial charge in [0.15, 0.2) is 5.65 Å². The Morgan fingerprint density at radius 1 is 1.28 bits per heavy atom. The summed E-state index contributed by atoms with van der Waals surface area (Å²) in [5, 5.41) is 5.40. The van der Waals surface area contributed by atoms with Crippen LogP contribution >= 0.6 is 0 Å². The molecule has 29 heavy (non-hydrogen) atoms. The summed E-state index contributed by atoms with van der Waals surface area (Å²) in [6, 6.07) is 3.42. The van der Waals surface area contributed by atoms with Crippen molar-refractivity contribution >= 4 is 27.6 Å². The van der Waals surface area contributed by atoms with E-state index in [2.05, 4.69) is 25.4 Å². The number of fused-ring (bicyclic) bond motifs is 1. The average molecular weight is 423 g/mol. The lowest BCUT2D eigenvalue weighted by molar-refractivity contribution is 0.256. The van der Waals surface area contributed by atoms with Crippen molar-refractivity contribution in [2.24, 2.45) is 0 Å². The van der Waals surface area contributed by atoms with Gasteiger partial charge >= 0.3 is 6.03 Å². The Balaban J connectivity index is 1.89. The molecule has 0 spiro atoms. The second-order valence-corrected chi connectivity index (χ2v) is 7.59. The van der Waals surface area contributed by atoms with E-state index in [9.17, 15) is 17.6 Å². The van der Waals surface area contributed by atoms with Crippen LogP contribution in [0.4, 0.5) is 15.1 Å². The average Bonchev–Trinajstić information content (AvgIpc) is 2.96. The van der Waals surface area contributed by atoms with Gasteiger partial charge in [-0.2, -0.15) is 32.4 Å². The number of ether oxygens (including phenoxy) is 1. The van der Waals surface area contributed by atoms with Gasteiger partial charge in [0.25, 0.3) is 16.0 Å². The topological polar surface area (TPSA) is 140 Å². The summed E-state index contributed by atoms with van der Waals surface area (Å²) in [5.74, 6) is -1.28. The lowest BCUT2D eigenvalue weighted by atomic mass is 10.2. The Hall–Kier alpha value is -3.35. The third-order valence-corrected chi connectivity index (χ3v) is 5.01. The number of urea groups is 1. The summed E-state index contributed by atoms with van der Waals surface area (Å²) in [4.78, 5) is 23.5. The van der Waals surface area contributed by atoms with E-state index in [-0.39, 0.29) is 17.5 Å². The molecule has 0 fully saturated rings. The number of imidazole rings is 1. The third-order valence-electron chi connectivity index (χ3n) is 3.70. The maximum Gasteiger partial charge on any atom is 0.335 e. The van der Waals surface area contributed by atoms with Gasteiger partial charge in [-0.25, -0.2) is 14.5 Å². The summed E-state index contributed by atoms with van der Waals surface area (Å²) < 4.78 is 47.0. The van der Waals surface area contributed by atoms with Crippen LogP contribution in [-0.2, 0) is 16.4 Å². The number of aromatic nitrogens is 5. The van der Waals surface area contributed by atoms with Crippen LogP contribution in [0.1, 0.15) is 24.7 Å². The number of nitrogens with one attached hydrogen (secondary N) is 2. The van der Waals surface area contributed by atoms with Crippen LogP contribution in [0, 0.1) is 12.9 Å². The molecular formula is C16H18FN7O4S. The molecule has 0 aliphatic heterocycles. The van der Waals surface area contributed by atoms with Gasteiger partial charge in [0.1, 0.15) is 0 Å². The van der Waals surface area contributed by atoms with Crippen molar-refractivity contribution < 1.29 is 22.3 Å². The number of nitrogens with zero attached hydrogens (tertiary/aromatic N) is 5. The molecule has 2 N–H and O–H groups in total. The number of aryl methyl sites for hydroxylation is 2. The molecule has 0 saturated heterocycles. The highest BCUT2D eigenvalue weighted by Gasteiger charge is 2.29. The summed E-state index contributed by atoms with van der Waals surface area (Å²) in [5.41, 5.74) is 1.03. The molecule has 3 rings (SSSR count). The Kier molecular flexibility index (Phi) is 5.59. The summed E-state index contributed by atoms with van der Waals surface area (Å²) >= 11 is 0. The zero-order valence-electron chi connectivity index (χ0n) is 15.8. The molecule has 3 heterocycles. The van der Waals surface area contributed by atoms with Crippen molar-refractivity contribution in [2.45, 2.75) is 31.7 Å². The number of rotatable bonds is 6. The fourth-order valence-corrected chi connectivity index (χ4v) is 3.56. The van der Waals surface area contributed by atoms with E-state index >= 15 is 0 Å². The third kappa shape index (κ3) is 4.39. The van der Waals surface area contributed by atoms with E-state index in [0.717, 1.165) is 10.9 Å². The van der Waals surface area contributed by atoms with Crippen molar-refractivity contribution in [3.63, 3.8) is 0 Å². The van der Waals surface area contributed by atoms with Gasteiger partial charge in [-0.1, -0.05) is 13.3 Å². The number of carbonyl (C=O) groups is 1. The first-order chi connectivity index (χ1) is 13.7. The summed E-state index contributed by atoms with van der Waals surface area (Å²) in [6.45, 7) is 3.56. The maximum absolute atomic E-state index is 14.3. The molecule has 2 amide bonds. The second-order valence-electron chi connectivity index (χ2n) is 5.99. The molecule has 0 aliphatic carbocycles. The molecule has 3 aromatic heterocycles. The minimum absolute atomic E-state index is 0.00473. The predicted molar refractivity (Wildman–Crippen MR) is 99.6 cm³/mol. The lowest BCUT2D eigenvalue weighted by Gasteiger charge is -2.09. The van der Waals surface area contributed by atoms with E-state index in [1.807, 2.05) is 6.92 Å². The molecule has 0 bridgehead atoms. The molecule has 0 radical (unpaired) electrons. The van der Waals surface area contributed by atoms with E-state index in [4.69, 9.17) is 4.74 Å². The Bertz CT molecular complexity index is 1180. The van der Waals surface area contributed by atoms with E-state index in [1.54, 1.807) is 17.7 Å².